The van der Waals surface area contributed by atoms with E-state index >= 15 is 0 Å². The van der Waals surface area contributed by atoms with Crippen molar-refractivity contribution in [2.45, 2.75) is 83.5 Å². The van der Waals surface area contributed by atoms with Crippen LogP contribution in [0, 0.1) is 13.8 Å². The van der Waals surface area contributed by atoms with Crippen molar-refractivity contribution < 1.29 is 36.2 Å². The van der Waals surface area contributed by atoms with E-state index in [4.69, 9.17) is 25.2 Å². The molecule has 0 bridgehead atoms. The summed E-state index contributed by atoms with van der Waals surface area (Å²) < 4.78 is 84.7. The first-order chi connectivity index (χ1) is 24.1. The Kier molecular flexibility index (Phi) is 8.97. The molecule has 0 radical (unpaired) electrons. The number of nitrogens with zero attached hydrogens (tertiary/aromatic N) is 7. The van der Waals surface area contributed by atoms with E-state index in [0.29, 0.717) is 61.8 Å². The summed E-state index contributed by atoms with van der Waals surface area (Å²) in [6.45, 7) is 5.57. The van der Waals surface area contributed by atoms with Crippen LogP contribution in [0.2, 0.25) is 0 Å². The van der Waals surface area contributed by atoms with Gasteiger partial charge >= 0.3 is 12.2 Å². The lowest BCUT2D eigenvalue weighted by molar-refractivity contribution is -0.140. The summed E-state index contributed by atoms with van der Waals surface area (Å²) in [5.41, 5.74) is 7.89. The SMILES string of the molecule is Cc1cc(N)cc([C@@H]2Cc3nc(OC[C@@]45CCCN4CC(=C(F)F)C5)nc(N4CCCn5nc(C(=O)N(C)C)c(C)c5C4)c3CO2)c1C(F)(F)F. The number of aryl methyl sites for hydroxylation is 2. The monoisotopic (exact) mass is 716 g/mol. The molecule has 0 unspecified atom stereocenters. The van der Waals surface area contributed by atoms with E-state index in [1.807, 2.05) is 21.4 Å². The first-order valence-corrected chi connectivity index (χ1v) is 17.1. The molecular formula is C35H41F5N8O3. The molecule has 2 N–H and O–H groups in total. The highest BCUT2D eigenvalue weighted by Crippen LogP contribution is 2.45. The van der Waals surface area contributed by atoms with Gasteiger partial charge in [0, 0.05) is 62.5 Å². The van der Waals surface area contributed by atoms with Crippen LogP contribution < -0.4 is 15.4 Å². The van der Waals surface area contributed by atoms with E-state index in [1.54, 1.807) is 14.1 Å². The topological polar surface area (TPSA) is 115 Å². The maximum absolute atomic E-state index is 14.3. The van der Waals surface area contributed by atoms with Gasteiger partial charge in [-0.3, -0.25) is 14.4 Å². The van der Waals surface area contributed by atoms with Gasteiger partial charge in [-0.2, -0.15) is 37.0 Å². The number of anilines is 2. The second-order valence-electron chi connectivity index (χ2n) is 14.3. The van der Waals surface area contributed by atoms with Crippen molar-refractivity contribution in [3.8, 4) is 6.01 Å². The number of benzene rings is 1. The smallest absolute Gasteiger partial charge is 0.417 e. The molecule has 274 valence electrons. The van der Waals surface area contributed by atoms with E-state index in [9.17, 15) is 26.7 Å². The number of ether oxygens (including phenoxy) is 2. The number of nitrogens with two attached hydrogens (primary N) is 1. The Balaban J connectivity index is 1.27. The minimum Gasteiger partial charge on any atom is -0.461 e. The van der Waals surface area contributed by atoms with Crippen molar-refractivity contribution in [2.75, 3.05) is 51.0 Å². The number of fused-ring (bicyclic) bond motifs is 3. The second kappa shape index (κ2) is 13.0. The van der Waals surface area contributed by atoms with Gasteiger partial charge in [-0.25, -0.2) is 0 Å². The quantitative estimate of drug-likeness (QED) is 0.258. The van der Waals surface area contributed by atoms with Gasteiger partial charge in [0.15, 0.2) is 5.69 Å². The third-order valence-corrected chi connectivity index (χ3v) is 10.6. The molecule has 7 rings (SSSR count). The third kappa shape index (κ3) is 6.40. The Morgan fingerprint density at radius 3 is 2.63 bits per heavy atom. The molecule has 11 nitrogen and oxygen atoms in total. The Labute approximate surface area is 292 Å². The second-order valence-corrected chi connectivity index (χ2v) is 14.3. The zero-order valence-corrected chi connectivity index (χ0v) is 29.0. The maximum Gasteiger partial charge on any atom is 0.417 e. The van der Waals surface area contributed by atoms with Crippen molar-refractivity contribution in [3.05, 3.63) is 68.7 Å². The number of hydrogen-bond donors (Lipinski definition) is 1. The average Bonchev–Trinajstić information content (AvgIpc) is 3.66. The summed E-state index contributed by atoms with van der Waals surface area (Å²) in [6.07, 6.45) is -4.93. The van der Waals surface area contributed by atoms with Crippen molar-refractivity contribution in [2.24, 2.45) is 0 Å². The Morgan fingerprint density at radius 1 is 1.12 bits per heavy atom. The largest absolute Gasteiger partial charge is 0.461 e. The fourth-order valence-electron chi connectivity index (χ4n) is 8.14. The molecule has 0 spiro atoms. The third-order valence-electron chi connectivity index (χ3n) is 10.6. The number of amides is 1. The van der Waals surface area contributed by atoms with Crippen LogP contribution in [0.1, 0.15) is 81.5 Å². The number of alkyl halides is 3. The molecular weight excluding hydrogens is 675 g/mol. The highest BCUT2D eigenvalue weighted by atomic mass is 19.4. The number of carbonyl (C=O) groups excluding carboxylic acids is 1. The zero-order chi connectivity index (χ0) is 36.4. The standard InChI is InChI=1S/C35H41F5N8O3/c1-19-11-22(41)12-23(28(19)35(38,39)40)27-13-25-24(17-50-27)31(46-8-6-10-48-26(16-46)20(2)29(44-48)32(49)45(3)4)43-33(42-25)51-18-34-7-5-9-47(34)15-21(14-34)30(36)37/h11-12,27H,5-10,13-18,41H2,1-4H3/t27-,34-/m0/s1. The van der Waals surface area contributed by atoms with Gasteiger partial charge in [0.05, 0.1) is 41.7 Å². The number of carbonyl (C=O) groups is 1. The summed E-state index contributed by atoms with van der Waals surface area (Å²) in [5.74, 6) is 0.299. The number of rotatable bonds is 6. The van der Waals surface area contributed by atoms with Gasteiger partial charge < -0.3 is 25.0 Å². The van der Waals surface area contributed by atoms with Crippen molar-refractivity contribution in [1.82, 2.24) is 29.5 Å². The molecule has 4 aliphatic rings. The molecule has 2 atom stereocenters. The zero-order valence-electron chi connectivity index (χ0n) is 29.0. The van der Waals surface area contributed by atoms with Crippen molar-refractivity contribution in [1.29, 1.82) is 0 Å². The van der Waals surface area contributed by atoms with Crippen LogP contribution in [-0.2, 0) is 37.0 Å². The summed E-state index contributed by atoms with van der Waals surface area (Å²) in [5, 5.41) is 4.63. The Hall–Kier alpha value is -4.31. The van der Waals surface area contributed by atoms with E-state index < -0.39 is 29.5 Å². The number of halogens is 5. The van der Waals surface area contributed by atoms with Crippen molar-refractivity contribution >= 4 is 17.4 Å². The fraction of sp³-hybridized carbons (Fsp3) is 0.543. The number of aromatic nitrogens is 4. The summed E-state index contributed by atoms with van der Waals surface area (Å²) in [7, 11) is 3.34. The van der Waals surface area contributed by atoms with Crippen molar-refractivity contribution in [3.63, 3.8) is 0 Å². The molecule has 1 amide bonds. The summed E-state index contributed by atoms with van der Waals surface area (Å²) >= 11 is 0. The molecule has 0 saturated carbocycles. The minimum atomic E-state index is -4.64. The number of nitrogen functional groups attached to an aromatic ring is 1. The molecule has 6 heterocycles. The van der Waals surface area contributed by atoms with Gasteiger partial charge in [0.2, 0.25) is 0 Å². The molecule has 0 aliphatic carbocycles. The minimum absolute atomic E-state index is 0.00182. The first-order valence-electron chi connectivity index (χ1n) is 17.1. The fourth-order valence-corrected chi connectivity index (χ4v) is 8.14. The van der Waals surface area contributed by atoms with Crippen LogP contribution in [0.15, 0.2) is 23.8 Å². The Morgan fingerprint density at radius 2 is 1.90 bits per heavy atom. The lowest BCUT2D eigenvalue weighted by Gasteiger charge is -2.33. The summed E-state index contributed by atoms with van der Waals surface area (Å²) in [4.78, 5) is 28.0. The Bertz CT molecular complexity index is 1910. The van der Waals surface area contributed by atoms with Gasteiger partial charge in [-0.1, -0.05) is 0 Å². The molecule has 2 aromatic heterocycles. The number of hydrogen-bond acceptors (Lipinski definition) is 9. The molecule has 4 aliphatic heterocycles. The lowest BCUT2D eigenvalue weighted by atomic mass is 9.92. The van der Waals surface area contributed by atoms with Crippen LogP contribution in [0.5, 0.6) is 6.01 Å². The van der Waals surface area contributed by atoms with Gasteiger partial charge in [0.25, 0.3) is 12.0 Å². The van der Waals surface area contributed by atoms with Gasteiger partial charge in [0.1, 0.15) is 12.4 Å². The highest BCUT2D eigenvalue weighted by Gasteiger charge is 2.48. The average molecular weight is 717 g/mol. The molecule has 2 fully saturated rings. The summed E-state index contributed by atoms with van der Waals surface area (Å²) in [6, 6.07) is 2.61. The molecule has 2 saturated heterocycles. The maximum atomic E-state index is 14.3. The van der Waals surface area contributed by atoms with Gasteiger partial charge in [-0.15, -0.1) is 0 Å². The molecule has 51 heavy (non-hydrogen) atoms. The van der Waals surface area contributed by atoms with Crippen LogP contribution in [0.4, 0.5) is 33.5 Å². The first kappa shape index (κ1) is 35.1. The van der Waals surface area contributed by atoms with E-state index in [0.717, 1.165) is 17.7 Å². The van der Waals surface area contributed by atoms with E-state index in [-0.39, 0.29) is 66.9 Å². The van der Waals surface area contributed by atoms with E-state index in [2.05, 4.69) is 5.10 Å². The van der Waals surface area contributed by atoms with Crippen LogP contribution in [-0.4, -0.2) is 81.3 Å². The highest BCUT2D eigenvalue weighted by molar-refractivity contribution is 5.93. The van der Waals surface area contributed by atoms with Crippen LogP contribution in [0.3, 0.4) is 0 Å². The molecule has 16 heteroatoms. The van der Waals surface area contributed by atoms with E-state index in [1.165, 1.54) is 24.0 Å². The normalized spacial score (nSPS) is 22.0. The molecule has 1 aromatic carbocycles. The lowest BCUT2D eigenvalue weighted by Crippen LogP contribution is -2.43. The predicted octanol–water partition coefficient (Wildman–Crippen LogP) is 5.58. The van der Waals surface area contributed by atoms with Gasteiger partial charge in [-0.05, 0) is 69.3 Å². The van der Waals surface area contributed by atoms with Crippen LogP contribution in [0.25, 0.3) is 0 Å². The van der Waals surface area contributed by atoms with Crippen LogP contribution >= 0.6 is 0 Å². The predicted molar refractivity (Wildman–Crippen MR) is 177 cm³/mol. The molecule has 3 aromatic rings.